The lowest BCUT2D eigenvalue weighted by Gasteiger charge is -2.05. The second kappa shape index (κ2) is 5.38. The highest BCUT2D eigenvalue weighted by Gasteiger charge is 2.05. The number of ketones is 1. The molecule has 10 heavy (non-hydrogen) atoms. The first-order chi connectivity index (χ1) is 4.68. The predicted molar refractivity (Wildman–Crippen MR) is 39.5 cm³/mol. The molecule has 0 rings (SSSR count). The minimum Gasteiger partial charge on any atom is -0.367 e. The first-order valence-corrected chi connectivity index (χ1v) is 3.46. The Morgan fingerprint density at radius 2 is 2.30 bits per heavy atom. The Morgan fingerprint density at radius 3 is 2.70 bits per heavy atom. The van der Waals surface area contributed by atoms with E-state index in [-0.39, 0.29) is 18.4 Å². The molecule has 3 nitrogen and oxygen atoms in total. The van der Waals surface area contributed by atoms with Crippen LogP contribution in [0.3, 0.4) is 0 Å². The summed E-state index contributed by atoms with van der Waals surface area (Å²) < 4.78 is 4.88. The third-order valence-corrected chi connectivity index (χ3v) is 1.51. The van der Waals surface area contributed by atoms with E-state index in [1.165, 1.54) is 0 Å². The van der Waals surface area contributed by atoms with Gasteiger partial charge in [-0.15, -0.1) is 0 Å². The molecule has 0 aromatic carbocycles. The Balaban J connectivity index is 3.21. The van der Waals surface area contributed by atoms with Crippen molar-refractivity contribution in [3.63, 3.8) is 0 Å². The van der Waals surface area contributed by atoms with E-state index in [2.05, 4.69) is 0 Å². The van der Waals surface area contributed by atoms with Crippen LogP contribution in [0, 0.1) is 5.92 Å². The van der Waals surface area contributed by atoms with Crippen LogP contribution >= 0.6 is 0 Å². The van der Waals surface area contributed by atoms with Gasteiger partial charge in [-0.2, -0.15) is 0 Å². The van der Waals surface area contributed by atoms with Gasteiger partial charge in [-0.3, -0.25) is 4.79 Å². The molecule has 0 fully saturated rings. The van der Waals surface area contributed by atoms with Crippen molar-refractivity contribution in [2.75, 3.05) is 13.3 Å². The smallest absolute Gasteiger partial charge is 0.132 e. The van der Waals surface area contributed by atoms with Gasteiger partial charge in [0.1, 0.15) is 5.78 Å². The zero-order valence-corrected chi connectivity index (χ0v) is 6.59. The van der Waals surface area contributed by atoms with E-state index in [4.69, 9.17) is 10.5 Å². The predicted octanol–water partition coefficient (Wildman–Crippen LogP) is 0.534. The summed E-state index contributed by atoms with van der Waals surface area (Å²) in [5.41, 5.74) is 5.08. The summed E-state index contributed by atoms with van der Waals surface area (Å²) in [6.45, 7) is 4.30. The largest absolute Gasteiger partial charge is 0.367 e. The first-order valence-electron chi connectivity index (χ1n) is 3.46. The average molecular weight is 145 g/mol. The Kier molecular flexibility index (Phi) is 5.16. The fraction of sp³-hybridized carbons (Fsp3) is 0.857. The van der Waals surface area contributed by atoms with Crippen LogP contribution in [0.25, 0.3) is 0 Å². The van der Waals surface area contributed by atoms with E-state index in [0.717, 1.165) is 6.42 Å². The fourth-order valence-corrected chi connectivity index (χ4v) is 0.547. The topological polar surface area (TPSA) is 52.3 Å². The number of carbonyl (C=O) groups excluding carboxylic acids is 1. The van der Waals surface area contributed by atoms with Gasteiger partial charge in [-0.25, -0.2) is 0 Å². The van der Waals surface area contributed by atoms with Gasteiger partial charge < -0.3 is 10.5 Å². The molecule has 3 heteroatoms. The third kappa shape index (κ3) is 4.47. The molecule has 0 saturated carbocycles. The standard InChI is InChI=1S/C7H15NO2/c1-6(7(2)9)3-4-10-5-8/h6H,3-5,8H2,1-2H3. The lowest BCUT2D eigenvalue weighted by molar-refractivity contribution is -0.120. The van der Waals surface area contributed by atoms with Crippen LogP contribution in [0.5, 0.6) is 0 Å². The van der Waals surface area contributed by atoms with Crippen LogP contribution in [0.15, 0.2) is 0 Å². The molecule has 0 bridgehead atoms. The van der Waals surface area contributed by atoms with Gasteiger partial charge >= 0.3 is 0 Å². The van der Waals surface area contributed by atoms with Crippen molar-refractivity contribution >= 4 is 5.78 Å². The molecule has 0 saturated heterocycles. The third-order valence-electron chi connectivity index (χ3n) is 1.51. The van der Waals surface area contributed by atoms with Crippen LogP contribution in [-0.4, -0.2) is 19.1 Å². The summed E-state index contributed by atoms with van der Waals surface area (Å²) in [6, 6.07) is 0. The molecule has 0 aliphatic rings. The summed E-state index contributed by atoms with van der Waals surface area (Å²) in [7, 11) is 0. The van der Waals surface area contributed by atoms with Gasteiger partial charge in [-0.1, -0.05) is 6.92 Å². The van der Waals surface area contributed by atoms with Crippen LogP contribution in [-0.2, 0) is 9.53 Å². The molecule has 0 aliphatic carbocycles. The Bertz CT molecular complexity index is 104. The second-order valence-corrected chi connectivity index (χ2v) is 2.38. The summed E-state index contributed by atoms with van der Waals surface area (Å²) in [5.74, 6) is 0.312. The Labute approximate surface area is 61.5 Å². The highest BCUT2D eigenvalue weighted by atomic mass is 16.5. The maximum absolute atomic E-state index is 10.7. The molecular weight excluding hydrogens is 130 g/mol. The van der Waals surface area contributed by atoms with E-state index in [9.17, 15) is 4.79 Å². The van der Waals surface area contributed by atoms with E-state index in [1.54, 1.807) is 6.92 Å². The number of hydrogen-bond donors (Lipinski definition) is 1. The molecule has 0 spiro atoms. The van der Waals surface area contributed by atoms with Crippen LogP contribution in [0.1, 0.15) is 20.3 Å². The minimum atomic E-state index is 0.103. The second-order valence-electron chi connectivity index (χ2n) is 2.38. The Hall–Kier alpha value is -0.410. The van der Waals surface area contributed by atoms with Crippen molar-refractivity contribution in [3.05, 3.63) is 0 Å². The average Bonchev–Trinajstić information content (AvgIpc) is 1.88. The lowest BCUT2D eigenvalue weighted by Crippen LogP contribution is -2.12. The summed E-state index contributed by atoms with van der Waals surface area (Å²) in [6.07, 6.45) is 0.770. The van der Waals surface area contributed by atoms with Crippen molar-refractivity contribution in [2.45, 2.75) is 20.3 Å². The fourth-order valence-electron chi connectivity index (χ4n) is 0.547. The molecule has 2 N–H and O–H groups in total. The molecule has 0 heterocycles. The SMILES string of the molecule is CC(=O)C(C)CCOCN. The van der Waals surface area contributed by atoms with E-state index >= 15 is 0 Å². The van der Waals surface area contributed by atoms with Crippen molar-refractivity contribution in [2.24, 2.45) is 11.7 Å². The van der Waals surface area contributed by atoms with E-state index < -0.39 is 0 Å². The quantitative estimate of drug-likeness (QED) is 0.453. The zero-order chi connectivity index (χ0) is 7.98. The van der Waals surface area contributed by atoms with Gasteiger partial charge in [0.2, 0.25) is 0 Å². The van der Waals surface area contributed by atoms with Crippen molar-refractivity contribution in [1.29, 1.82) is 0 Å². The number of nitrogens with two attached hydrogens (primary N) is 1. The van der Waals surface area contributed by atoms with Crippen LogP contribution in [0.2, 0.25) is 0 Å². The van der Waals surface area contributed by atoms with Gasteiger partial charge in [0.15, 0.2) is 0 Å². The number of carbonyl (C=O) groups is 1. The number of Topliss-reactive ketones (excluding diaryl/α,β-unsaturated/α-hetero) is 1. The normalized spacial score (nSPS) is 13.1. The number of ether oxygens (including phenoxy) is 1. The molecule has 1 atom stereocenters. The van der Waals surface area contributed by atoms with Crippen molar-refractivity contribution < 1.29 is 9.53 Å². The molecule has 0 aromatic rings. The van der Waals surface area contributed by atoms with Crippen LogP contribution in [0.4, 0.5) is 0 Å². The molecule has 0 aliphatic heterocycles. The van der Waals surface area contributed by atoms with E-state index in [0.29, 0.717) is 6.61 Å². The van der Waals surface area contributed by atoms with Crippen LogP contribution < -0.4 is 5.73 Å². The van der Waals surface area contributed by atoms with Gasteiger partial charge in [-0.05, 0) is 13.3 Å². The number of rotatable bonds is 5. The van der Waals surface area contributed by atoms with Gasteiger partial charge in [0, 0.05) is 12.5 Å². The molecule has 1 unspecified atom stereocenters. The zero-order valence-electron chi connectivity index (χ0n) is 6.59. The van der Waals surface area contributed by atoms with Crippen molar-refractivity contribution in [1.82, 2.24) is 0 Å². The molecule has 0 amide bonds. The summed E-state index contributed by atoms with van der Waals surface area (Å²) >= 11 is 0. The highest BCUT2D eigenvalue weighted by molar-refractivity contribution is 5.77. The van der Waals surface area contributed by atoms with Crippen molar-refractivity contribution in [3.8, 4) is 0 Å². The van der Waals surface area contributed by atoms with Gasteiger partial charge in [0.05, 0.1) is 6.73 Å². The number of hydrogen-bond acceptors (Lipinski definition) is 3. The molecular formula is C7H15NO2. The highest BCUT2D eigenvalue weighted by Crippen LogP contribution is 2.01. The molecule has 60 valence electrons. The molecule has 0 aromatic heterocycles. The minimum absolute atomic E-state index is 0.103. The first kappa shape index (κ1) is 9.59. The summed E-state index contributed by atoms with van der Waals surface area (Å²) in [5, 5.41) is 0. The maximum Gasteiger partial charge on any atom is 0.132 e. The monoisotopic (exact) mass is 145 g/mol. The Morgan fingerprint density at radius 1 is 1.70 bits per heavy atom. The van der Waals surface area contributed by atoms with E-state index in [1.807, 2.05) is 6.92 Å². The van der Waals surface area contributed by atoms with Gasteiger partial charge in [0.25, 0.3) is 0 Å². The summed E-state index contributed by atoms with van der Waals surface area (Å²) in [4.78, 5) is 10.7. The molecule has 0 radical (unpaired) electrons. The lowest BCUT2D eigenvalue weighted by atomic mass is 10.1. The maximum atomic E-state index is 10.7.